The second-order valence-electron chi connectivity index (χ2n) is 5.82. The maximum atomic E-state index is 4.42. The number of nitrogens with one attached hydrogen (secondary N) is 2. The average molecular weight is 315 g/mol. The summed E-state index contributed by atoms with van der Waals surface area (Å²) in [6.45, 7) is 1.89. The van der Waals surface area contributed by atoms with Crippen molar-refractivity contribution >= 4 is 23.1 Å². The molecule has 1 heterocycles. The third-order valence-corrected chi connectivity index (χ3v) is 3.29. The fourth-order valence-corrected chi connectivity index (χ4v) is 2.03. The molecule has 124 valence electrons. The van der Waals surface area contributed by atoms with Gasteiger partial charge in [-0.3, -0.25) is 0 Å². The highest BCUT2D eigenvalue weighted by atomic mass is 15.3. The van der Waals surface area contributed by atoms with Crippen LogP contribution in [0.5, 0.6) is 0 Å². The minimum Gasteiger partial charge on any atom is -0.378 e. The number of hydrogen-bond donors (Lipinski definition) is 2. The van der Waals surface area contributed by atoms with E-state index in [0.717, 1.165) is 36.7 Å². The van der Waals surface area contributed by atoms with E-state index in [-0.39, 0.29) is 0 Å². The summed E-state index contributed by atoms with van der Waals surface area (Å²) in [6.07, 6.45) is 2.68. The molecular formula is C16H25N7. The van der Waals surface area contributed by atoms with Gasteiger partial charge in [-0.25, -0.2) is 0 Å². The highest BCUT2D eigenvalue weighted by Gasteiger charge is 2.02. The molecule has 0 saturated heterocycles. The van der Waals surface area contributed by atoms with Crippen molar-refractivity contribution in [3.63, 3.8) is 0 Å². The van der Waals surface area contributed by atoms with Crippen molar-refractivity contribution < 1.29 is 0 Å². The van der Waals surface area contributed by atoms with Crippen LogP contribution < -0.4 is 15.5 Å². The molecule has 0 radical (unpaired) electrons. The molecule has 7 heteroatoms. The van der Waals surface area contributed by atoms with Crippen LogP contribution in [0.3, 0.4) is 0 Å². The fraction of sp³-hybridized carbons (Fsp3) is 0.438. The van der Waals surface area contributed by atoms with Crippen molar-refractivity contribution in [3.8, 4) is 0 Å². The maximum Gasteiger partial charge on any atom is 0.249 e. The minimum absolute atomic E-state index is 0.486. The van der Waals surface area contributed by atoms with Crippen LogP contribution in [0.15, 0.2) is 30.5 Å². The predicted octanol–water partition coefficient (Wildman–Crippen LogP) is 2.04. The molecule has 7 nitrogen and oxygen atoms in total. The lowest BCUT2D eigenvalue weighted by Gasteiger charge is -2.13. The molecule has 0 atom stereocenters. The van der Waals surface area contributed by atoms with Crippen molar-refractivity contribution in [3.05, 3.63) is 30.5 Å². The van der Waals surface area contributed by atoms with Gasteiger partial charge in [0.1, 0.15) is 0 Å². The normalized spacial score (nSPS) is 10.7. The average Bonchev–Trinajstić information content (AvgIpc) is 2.52. The third kappa shape index (κ3) is 5.71. The molecule has 0 aliphatic rings. The summed E-state index contributed by atoms with van der Waals surface area (Å²) in [5.74, 6) is 1.21. The Labute approximate surface area is 137 Å². The molecule has 2 aromatic rings. The monoisotopic (exact) mass is 315 g/mol. The van der Waals surface area contributed by atoms with Gasteiger partial charge in [0, 0.05) is 32.0 Å². The summed E-state index contributed by atoms with van der Waals surface area (Å²) in [5, 5.41) is 14.4. The molecule has 2 N–H and O–H groups in total. The summed E-state index contributed by atoms with van der Waals surface area (Å²) in [4.78, 5) is 8.64. The first kappa shape index (κ1) is 17.0. The SMILES string of the molecule is CN(C)CCCNc1cnnc(Nc2ccc(N(C)C)cc2)n1. The van der Waals surface area contributed by atoms with E-state index >= 15 is 0 Å². The standard InChI is InChI=1S/C16H25N7/c1-22(2)11-5-10-17-15-12-18-21-16(20-15)19-13-6-8-14(9-7-13)23(3)4/h6-9,12H,5,10-11H2,1-4H3,(H2,17,19,20,21). The molecule has 23 heavy (non-hydrogen) atoms. The lowest BCUT2D eigenvalue weighted by Crippen LogP contribution is -2.17. The topological polar surface area (TPSA) is 69.2 Å². The highest BCUT2D eigenvalue weighted by Crippen LogP contribution is 2.18. The molecule has 0 spiro atoms. The van der Waals surface area contributed by atoms with Crippen LogP contribution in [0.25, 0.3) is 0 Å². The molecule has 0 unspecified atom stereocenters. The van der Waals surface area contributed by atoms with Crippen molar-refractivity contribution in [1.82, 2.24) is 20.1 Å². The smallest absolute Gasteiger partial charge is 0.249 e. The molecule has 1 aromatic heterocycles. The summed E-state index contributed by atoms with van der Waals surface area (Å²) in [7, 11) is 8.16. The van der Waals surface area contributed by atoms with Gasteiger partial charge in [0.05, 0.1) is 6.20 Å². The van der Waals surface area contributed by atoms with E-state index in [0.29, 0.717) is 5.95 Å². The second-order valence-corrected chi connectivity index (χ2v) is 5.82. The molecular weight excluding hydrogens is 290 g/mol. The predicted molar refractivity (Wildman–Crippen MR) is 95.5 cm³/mol. The minimum atomic E-state index is 0.486. The number of nitrogens with zero attached hydrogens (tertiary/aromatic N) is 5. The van der Waals surface area contributed by atoms with E-state index in [1.54, 1.807) is 6.20 Å². The Morgan fingerprint density at radius 2 is 1.78 bits per heavy atom. The second kappa shape index (κ2) is 8.28. The van der Waals surface area contributed by atoms with E-state index in [9.17, 15) is 0 Å². The van der Waals surface area contributed by atoms with E-state index in [1.165, 1.54) is 0 Å². The van der Waals surface area contributed by atoms with Crippen LogP contribution in [0.2, 0.25) is 0 Å². The van der Waals surface area contributed by atoms with E-state index in [2.05, 4.69) is 49.7 Å². The molecule has 0 aliphatic carbocycles. The van der Waals surface area contributed by atoms with E-state index < -0.39 is 0 Å². The zero-order valence-corrected chi connectivity index (χ0v) is 14.2. The van der Waals surface area contributed by atoms with Crippen LogP contribution in [0.4, 0.5) is 23.1 Å². The van der Waals surface area contributed by atoms with Crippen molar-refractivity contribution in [2.75, 3.05) is 56.8 Å². The van der Waals surface area contributed by atoms with Crippen LogP contribution >= 0.6 is 0 Å². The third-order valence-electron chi connectivity index (χ3n) is 3.29. The number of anilines is 4. The Bertz CT molecular complexity index is 596. The van der Waals surface area contributed by atoms with Gasteiger partial charge in [0.15, 0.2) is 5.82 Å². The molecule has 1 aromatic carbocycles. The van der Waals surface area contributed by atoms with Gasteiger partial charge in [0.25, 0.3) is 0 Å². The molecule has 2 rings (SSSR count). The van der Waals surface area contributed by atoms with Crippen LogP contribution in [0, 0.1) is 0 Å². The van der Waals surface area contributed by atoms with E-state index in [4.69, 9.17) is 0 Å². The van der Waals surface area contributed by atoms with Crippen LogP contribution in [0.1, 0.15) is 6.42 Å². The molecule has 0 amide bonds. The summed E-state index contributed by atoms with van der Waals surface area (Å²) >= 11 is 0. The highest BCUT2D eigenvalue weighted by molar-refractivity contribution is 5.59. The number of rotatable bonds is 8. The van der Waals surface area contributed by atoms with E-state index in [1.807, 2.05) is 38.4 Å². The molecule has 0 saturated carbocycles. The molecule has 0 bridgehead atoms. The Kier molecular flexibility index (Phi) is 6.10. The zero-order chi connectivity index (χ0) is 16.7. The maximum absolute atomic E-state index is 4.42. The van der Waals surface area contributed by atoms with Crippen molar-refractivity contribution in [2.24, 2.45) is 0 Å². The lowest BCUT2D eigenvalue weighted by atomic mass is 10.2. The number of hydrogen-bond acceptors (Lipinski definition) is 7. The first-order valence-corrected chi connectivity index (χ1v) is 7.67. The summed E-state index contributed by atoms with van der Waals surface area (Å²) in [5.41, 5.74) is 2.08. The zero-order valence-electron chi connectivity index (χ0n) is 14.2. The van der Waals surface area contributed by atoms with Crippen molar-refractivity contribution in [2.45, 2.75) is 6.42 Å². The van der Waals surface area contributed by atoms with Gasteiger partial charge >= 0.3 is 0 Å². The van der Waals surface area contributed by atoms with Gasteiger partial charge in [-0.05, 0) is 51.3 Å². The van der Waals surface area contributed by atoms with Crippen molar-refractivity contribution in [1.29, 1.82) is 0 Å². The Balaban J connectivity index is 1.91. The van der Waals surface area contributed by atoms with Gasteiger partial charge in [-0.15, -0.1) is 5.10 Å². The van der Waals surface area contributed by atoms with Gasteiger partial charge in [-0.1, -0.05) is 0 Å². The first-order valence-electron chi connectivity index (χ1n) is 7.67. The van der Waals surface area contributed by atoms with Gasteiger partial charge in [-0.2, -0.15) is 10.1 Å². The van der Waals surface area contributed by atoms with Gasteiger partial charge in [0.2, 0.25) is 5.95 Å². The molecule has 0 fully saturated rings. The van der Waals surface area contributed by atoms with Gasteiger partial charge < -0.3 is 20.4 Å². The Hall–Kier alpha value is -2.41. The largest absolute Gasteiger partial charge is 0.378 e. The summed E-state index contributed by atoms with van der Waals surface area (Å²) in [6, 6.07) is 8.07. The Morgan fingerprint density at radius 3 is 2.43 bits per heavy atom. The Morgan fingerprint density at radius 1 is 1.04 bits per heavy atom. The summed E-state index contributed by atoms with van der Waals surface area (Å²) < 4.78 is 0. The first-order chi connectivity index (χ1) is 11.0. The van der Waals surface area contributed by atoms with Crippen LogP contribution in [-0.4, -0.2) is 61.4 Å². The number of benzene rings is 1. The van der Waals surface area contributed by atoms with Crippen LogP contribution in [-0.2, 0) is 0 Å². The number of aromatic nitrogens is 3. The quantitative estimate of drug-likeness (QED) is 0.722. The molecule has 0 aliphatic heterocycles. The fourth-order valence-electron chi connectivity index (χ4n) is 2.03. The lowest BCUT2D eigenvalue weighted by molar-refractivity contribution is 0.405.